The van der Waals surface area contributed by atoms with Gasteiger partial charge in [0.1, 0.15) is 17.5 Å². The van der Waals surface area contributed by atoms with Crippen molar-refractivity contribution in [2.45, 2.75) is 25.9 Å². The topological polar surface area (TPSA) is 99.6 Å². The largest absolute Gasteiger partial charge is 0.386 e. The SMILES string of the molecule is CCc1c(C=CCN2CCN(c3cc(F)cc(F)c3)CC2)cnn1-c1cc(N2CC(C)(O)C2)nc(N)n1. The van der Waals surface area contributed by atoms with Gasteiger partial charge in [-0.25, -0.2) is 13.5 Å². The minimum Gasteiger partial charge on any atom is -0.386 e. The van der Waals surface area contributed by atoms with Crippen LogP contribution in [0.4, 0.5) is 26.2 Å². The molecular weight excluding hydrogens is 478 g/mol. The molecule has 3 N–H and O–H groups in total. The highest BCUT2D eigenvalue weighted by Crippen LogP contribution is 2.28. The van der Waals surface area contributed by atoms with Gasteiger partial charge in [0, 0.05) is 69.2 Å². The number of aliphatic hydroxyl groups is 1. The second kappa shape index (κ2) is 10.1. The summed E-state index contributed by atoms with van der Waals surface area (Å²) < 4.78 is 28.9. The molecule has 9 nitrogen and oxygen atoms in total. The molecule has 0 amide bonds. The number of aromatic nitrogens is 4. The van der Waals surface area contributed by atoms with Crippen LogP contribution in [0.5, 0.6) is 0 Å². The van der Waals surface area contributed by atoms with E-state index in [2.05, 4.69) is 39.0 Å². The van der Waals surface area contributed by atoms with Crippen molar-refractivity contribution in [2.75, 3.05) is 61.3 Å². The summed E-state index contributed by atoms with van der Waals surface area (Å²) in [6.07, 6.45) is 6.74. The Bertz CT molecular complexity index is 1270. The molecule has 2 aliphatic rings. The van der Waals surface area contributed by atoms with Crippen LogP contribution in [0.15, 0.2) is 36.5 Å². The number of benzene rings is 1. The van der Waals surface area contributed by atoms with Crippen molar-refractivity contribution in [3.8, 4) is 5.82 Å². The Balaban J connectivity index is 1.23. The Morgan fingerprint density at radius 1 is 1.00 bits per heavy atom. The quantitative estimate of drug-likeness (QED) is 0.500. The lowest BCUT2D eigenvalue weighted by atomic mass is 9.97. The summed E-state index contributed by atoms with van der Waals surface area (Å²) in [5.74, 6) is 0.317. The van der Waals surface area contributed by atoms with Gasteiger partial charge >= 0.3 is 0 Å². The van der Waals surface area contributed by atoms with E-state index >= 15 is 0 Å². The summed E-state index contributed by atoms with van der Waals surface area (Å²) in [6.45, 7) is 8.62. The number of nitrogen functional groups attached to an aromatic ring is 1. The van der Waals surface area contributed by atoms with Crippen LogP contribution in [0.25, 0.3) is 11.9 Å². The number of nitrogens with zero attached hydrogens (tertiary/aromatic N) is 7. The van der Waals surface area contributed by atoms with Gasteiger partial charge in [-0.3, -0.25) is 4.90 Å². The molecule has 4 heterocycles. The van der Waals surface area contributed by atoms with Gasteiger partial charge < -0.3 is 20.6 Å². The lowest BCUT2D eigenvalue weighted by molar-refractivity contribution is 0.0305. The maximum Gasteiger partial charge on any atom is 0.224 e. The van der Waals surface area contributed by atoms with Crippen LogP contribution in [0, 0.1) is 11.6 Å². The minimum atomic E-state index is -0.720. The molecule has 0 radical (unpaired) electrons. The van der Waals surface area contributed by atoms with Crippen molar-refractivity contribution >= 4 is 23.5 Å². The standard InChI is InChI=1S/C26H32F2N8O/c1-3-22-18(5-4-6-33-7-9-34(10-8-33)21-12-19(27)11-20(28)13-21)15-30-36(22)24-14-23(31-25(29)32-24)35-16-26(2,37)17-35/h4-5,11-15,37H,3,6-10,16-17H2,1-2H3,(H2,29,31,32). The minimum absolute atomic E-state index is 0.161. The lowest BCUT2D eigenvalue weighted by Crippen LogP contribution is -2.60. The fourth-order valence-electron chi connectivity index (χ4n) is 4.96. The molecule has 3 aromatic rings. The predicted molar refractivity (Wildman–Crippen MR) is 140 cm³/mol. The highest BCUT2D eigenvalue weighted by Gasteiger charge is 2.37. The number of hydrogen-bond donors (Lipinski definition) is 2. The van der Waals surface area contributed by atoms with Crippen molar-refractivity contribution in [3.63, 3.8) is 0 Å². The molecule has 0 saturated carbocycles. The average Bonchev–Trinajstić information content (AvgIpc) is 3.25. The van der Waals surface area contributed by atoms with E-state index in [1.54, 1.807) is 11.6 Å². The van der Waals surface area contributed by atoms with Crippen LogP contribution >= 0.6 is 0 Å². The summed E-state index contributed by atoms with van der Waals surface area (Å²) in [5, 5.41) is 14.6. The van der Waals surface area contributed by atoms with Gasteiger partial charge in [0.05, 0.1) is 17.5 Å². The van der Waals surface area contributed by atoms with Gasteiger partial charge in [0.25, 0.3) is 0 Å². The maximum atomic E-state index is 13.6. The smallest absolute Gasteiger partial charge is 0.224 e. The fraction of sp³-hybridized carbons (Fsp3) is 0.423. The Morgan fingerprint density at radius 3 is 2.32 bits per heavy atom. The zero-order valence-corrected chi connectivity index (χ0v) is 21.1. The lowest BCUT2D eigenvalue weighted by Gasteiger charge is -2.44. The van der Waals surface area contributed by atoms with Crippen LogP contribution in [0.1, 0.15) is 25.1 Å². The third-order valence-electron chi connectivity index (χ3n) is 6.80. The molecule has 2 aromatic heterocycles. The van der Waals surface area contributed by atoms with Crippen molar-refractivity contribution < 1.29 is 13.9 Å². The number of rotatable bonds is 7. The first-order chi connectivity index (χ1) is 17.7. The average molecular weight is 511 g/mol. The second-order valence-corrected chi connectivity index (χ2v) is 9.93. The molecule has 1 aromatic carbocycles. The first-order valence-corrected chi connectivity index (χ1v) is 12.5. The van der Waals surface area contributed by atoms with Gasteiger partial charge in [-0.1, -0.05) is 19.1 Å². The second-order valence-electron chi connectivity index (χ2n) is 9.93. The van der Waals surface area contributed by atoms with Crippen molar-refractivity contribution in [1.82, 2.24) is 24.6 Å². The number of β-amino-alcohol motifs (C(OH)–C–C–N with tert-alkyl or cyclic N) is 1. The van der Waals surface area contributed by atoms with Gasteiger partial charge in [-0.2, -0.15) is 15.1 Å². The number of halogens is 2. The summed E-state index contributed by atoms with van der Waals surface area (Å²) >= 11 is 0. The molecule has 0 bridgehead atoms. The van der Waals surface area contributed by atoms with Crippen molar-refractivity contribution in [3.05, 3.63) is 59.4 Å². The number of nitrogens with two attached hydrogens (primary N) is 1. The first-order valence-electron chi connectivity index (χ1n) is 12.5. The number of anilines is 3. The van der Waals surface area contributed by atoms with E-state index < -0.39 is 17.2 Å². The molecule has 5 rings (SSSR count). The van der Waals surface area contributed by atoms with Crippen molar-refractivity contribution in [2.24, 2.45) is 0 Å². The normalized spacial score (nSPS) is 18.0. The Labute approximate surface area is 214 Å². The molecule has 0 aliphatic carbocycles. The molecule has 11 heteroatoms. The van der Waals surface area contributed by atoms with Gasteiger partial charge in [-0.05, 0) is 25.5 Å². The summed E-state index contributed by atoms with van der Waals surface area (Å²) in [7, 11) is 0. The van der Waals surface area contributed by atoms with E-state index in [1.165, 1.54) is 12.1 Å². The number of piperazine rings is 1. The van der Waals surface area contributed by atoms with E-state index in [0.29, 0.717) is 43.5 Å². The van der Waals surface area contributed by atoms with Crippen LogP contribution in [0.3, 0.4) is 0 Å². The highest BCUT2D eigenvalue weighted by molar-refractivity contribution is 5.55. The van der Waals surface area contributed by atoms with Gasteiger partial charge in [-0.15, -0.1) is 0 Å². The molecule has 2 saturated heterocycles. The van der Waals surface area contributed by atoms with Crippen LogP contribution < -0.4 is 15.5 Å². The number of hydrogen-bond acceptors (Lipinski definition) is 8. The first kappa shape index (κ1) is 25.1. The van der Waals surface area contributed by atoms with E-state index in [4.69, 9.17) is 5.73 Å². The molecule has 196 valence electrons. The fourth-order valence-corrected chi connectivity index (χ4v) is 4.96. The van der Waals surface area contributed by atoms with Crippen LogP contribution in [-0.4, -0.2) is 81.2 Å². The zero-order chi connectivity index (χ0) is 26.2. The predicted octanol–water partition coefficient (Wildman–Crippen LogP) is 2.49. The third-order valence-corrected chi connectivity index (χ3v) is 6.80. The van der Waals surface area contributed by atoms with Crippen LogP contribution in [0.2, 0.25) is 0 Å². The van der Waals surface area contributed by atoms with E-state index in [-0.39, 0.29) is 5.95 Å². The molecule has 2 aliphatic heterocycles. The van der Waals surface area contributed by atoms with E-state index in [0.717, 1.165) is 43.4 Å². The summed E-state index contributed by atoms with van der Waals surface area (Å²) in [5.41, 5.74) is 7.87. The van der Waals surface area contributed by atoms with Crippen LogP contribution in [-0.2, 0) is 6.42 Å². The Hall–Kier alpha value is -3.57. The zero-order valence-electron chi connectivity index (χ0n) is 21.1. The molecule has 0 atom stereocenters. The Kier molecular flexibility index (Phi) is 6.82. The monoisotopic (exact) mass is 510 g/mol. The third kappa shape index (κ3) is 5.57. The van der Waals surface area contributed by atoms with E-state index in [1.807, 2.05) is 22.1 Å². The van der Waals surface area contributed by atoms with E-state index in [9.17, 15) is 13.9 Å². The Morgan fingerprint density at radius 2 is 1.68 bits per heavy atom. The maximum absolute atomic E-state index is 13.6. The molecule has 37 heavy (non-hydrogen) atoms. The van der Waals surface area contributed by atoms with Gasteiger partial charge in [0.15, 0.2) is 5.82 Å². The molecule has 0 unspecified atom stereocenters. The van der Waals surface area contributed by atoms with Crippen molar-refractivity contribution in [1.29, 1.82) is 0 Å². The molecule has 0 spiro atoms. The summed E-state index contributed by atoms with van der Waals surface area (Å²) in [4.78, 5) is 15.0. The molecular formula is C26H32F2N8O. The van der Waals surface area contributed by atoms with Gasteiger partial charge in [0.2, 0.25) is 5.95 Å². The highest BCUT2D eigenvalue weighted by atomic mass is 19.1. The molecule has 2 fully saturated rings. The summed E-state index contributed by atoms with van der Waals surface area (Å²) in [6, 6.07) is 5.50.